The summed E-state index contributed by atoms with van der Waals surface area (Å²) in [5, 5.41) is 31.2. The molecule has 1 aliphatic heterocycles. The summed E-state index contributed by atoms with van der Waals surface area (Å²) in [6.07, 6.45) is -0.738. The monoisotopic (exact) mass is 341 g/mol. The zero-order valence-corrected chi connectivity index (χ0v) is 14.6. The van der Waals surface area contributed by atoms with E-state index in [9.17, 15) is 15.3 Å². The van der Waals surface area contributed by atoms with E-state index in [1.807, 2.05) is 49.4 Å². The van der Waals surface area contributed by atoms with E-state index in [1.54, 1.807) is 4.90 Å². The maximum atomic E-state index is 10.8. The van der Waals surface area contributed by atoms with Gasteiger partial charge in [0.05, 0.1) is 6.10 Å². The first-order valence-corrected chi connectivity index (χ1v) is 9.00. The van der Waals surface area contributed by atoms with E-state index >= 15 is 0 Å². The van der Waals surface area contributed by atoms with Gasteiger partial charge in [-0.05, 0) is 29.5 Å². The van der Waals surface area contributed by atoms with Crippen molar-refractivity contribution >= 4 is 0 Å². The quantitative estimate of drug-likeness (QED) is 0.782. The molecule has 0 amide bonds. The fourth-order valence-corrected chi connectivity index (χ4v) is 3.66. The third kappa shape index (κ3) is 4.10. The van der Waals surface area contributed by atoms with Crippen molar-refractivity contribution in [1.29, 1.82) is 0 Å². The minimum atomic E-state index is -0.978. The normalized spacial score (nSPS) is 22.3. The minimum absolute atomic E-state index is 0.231. The van der Waals surface area contributed by atoms with E-state index < -0.39 is 18.4 Å². The molecule has 0 aliphatic carbocycles. The molecule has 134 valence electrons. The highest BCUT2D eigenvalue weighted by molar-refractivity contribution is 5.68. The first-order valence-electron chi connectivity index (χ1n) is 9.00. The molecule has 3 rings (SSSR count). The van der Waals surface area contributed by atoms with Gasteiger partial charge in [-0.3, -0.25) is 4.90 Å². The van der Waals surface area contributed by atoms with Crippen LogP contribution in [0.3, 0.4) is 0 Å². The number of benzene rings is 2. The number of rotatable bonds is 5. The Labute approximate surface area is 149 Å². The Morgan fingerprint density at radius 2 is 1.68 bits per heavy atom. The number of hydrogen-bond acceptors (Lipinski definition) is 4. The van der Waals surface area contributed by atoms with Gasteiger partial charge in [-0.2, -0.15) is 0 Å². The number of aliphatic hydroxyl groups excluding tert-OH is 3. The molecule has 0 radical (unpaired) electrons. The van der Waals surface area contributed by atoms with E-state index in [2.05, 4.69) is 12.1 Å². The SMILES string of the molecule is CC(c1ccccc1-c1ccccc1)C(O)C(O)N1CCCC(O)C1. The fraction of sp³-hybridized carbons (Fsp3) is 0.429. The smallest absolute Gasteiger partial charge is 0.134 e. The standard InChI is InChI=1S/C21H27NO3/c1-15(20(24)21(25)22-13-7-10-17(23)14-22)18-11-5-6-12-19(18)16-8-3-2-4-9-16/h2-6,8-9,11-12,15,17,20-21,23-25H,7,10,13-14H2,1H3. The van der Waals surface area contributed by atoms with Crippen LogP contribution in [-0.4, -0.2) is 51.7 Å². The molecule has 1 saturated heterocycles. The molecule has 0 bridgehead atoms. The molecule has 4 atom stereocenters. The van der Waals surface area contributed by atoms with Crippen molar-refractivity contribution in [2.24, 2.45) is 0 Å². The number of nitrogens with zero attached hydrogens (tertiary/aromatic N) is 1. The summed E-state index contributed by atoms with van der Waals surface area (Å²) in [6.45, 7) is 3.05. The molecule has 25 heavy (non-hydrogen) atoms. The Morgan fingerprint density at radius 1 is 1.00 bits per heavy atom. The van der Waals surface area contributed by atoms with Crippen molar-refractivity contribution in [3.05, 3.63) is 60.2 Å². The number of β-amino-alcohol motifs (C(OH)–C–C–N with tert-alkyl or cyclic N) is 1. The lowest BCUT2D eigenvalue weighted by molar-refractivity contribution is -0.112. The Morgan fingerprint density at radius 3 is 2.40 bits per heavy atom. The topological polar surface area (TPSA) is 63.9 Å². The summed E-state index contributed by atoms with van der Waals surface area (Å²) >= 11 is 0. The number of hydrogen-bond donors (Lipinski definition) is 3. The van der Waals surface area contributed by atoms with Crippen LogP contribution in [0.4, 0.5) is 0 Å². The lowest BCUT2D eigenvalue weighted by Gasteiger charge is -2.37. The van der Waals surface area contributed by atoms with Gasteiger partial charge in [0.2, 0.25) is 0 Å². The van der Waals surface area contributed by atoms with Crippen molar-refractivity contribution in [3.63, 3.8) is 0 Å². The number of aliphatic hydroxyl groups is 3. The van der Waals surface area contributed by atoms with Gasteiger partial charge in [0.25, 0.3) is 0 Å². The van der Waals surface area contributed by atoms with Gasteiger partial charge in [-0.15, -0.1) is 0 Å². The van der Waals surface area contributed by atoms with Crippen LogP contribution < -0.4 is 0 Å². The molecule has 1 aliphatic rings. The zero-order valence-electron chi connectivity index (χ0n) is 14.6. The van der Waals surface area contributed by atoms with Crippen molar-refractivity contribution in [2.75, 3.05) is 13.1 Å². The number of piperidine rings is 1. The van der Waals surface area contributed by atoms with E-state index in [4.69, 9.17) is 0 Å². The van der Waals surface area contributed by atoms with Crippen LogP contribution in [0.15, 0.2) is 54.6 Å². The van der Waals surface area contributed by atoms with Crippen molar-refractivity contribution in [2.45, 2.75) is 44.1 Å². The second kappa shape index (κ2) is 8.11. The zero-order chi connectivity index (χ0) is 17.8. The molecule has 3 N–H and O–H groups in total. The second-order valence-electron chi connectivity index (χ2n) is 6.94. The van der Waals surface area contributed by atoms with E-state index in [1.165, 1.54) is 0 Å². The average Bonchev–Trinajstić information content (AvgIpc) is 2.67. The largest absolute Gasteiger partial charge is 0.392 e. The third-order valence-electron chi connectivity index (χ3n) is 5.16. The summed E-state index contributed by atoms with van der Waals surface area (Å²) in [5.74, 6) is -0.231. The third-order valence-corrected chi connectivity index (χ3v) is 5.16. The molecular formula is C21H27NO3. The van der Waals surface area contributed by atoms with Crippen LogP contribution >= 0.6 is 0 Å². The molecule has 0 saturated carbocycles. The van der Waals surface area contributed by atoms with Gasteiger partial charge in [-0.1, -0.05) is 61.5 Å². The summed E-state index contributed by atoms with van der Waals surface area (Å²) in [4.78, 5) is 1.78. The molecule has 2 aromatic rings. The van der Waals surface area contributed by atoms with Crippen LogP contribution in [0.25, 0.3) is 11.1 Å². The summed E-state index contributed by atoms with van der Waals surface area (Å²) in [7, 11) is 0. The van der Waals surface area contributed by atoms with E-state index in [-0.39, 0.29) is 5.92 Å². The molecule has 0 spiro atoms. The van der Waals surface area contributed by atoms with Gasteiger partial charge in [-0.25, -0.2) is 0 Å². The van der Waals surface area contributed by atoms with Crippen LogP contribution in [0, 0.1) is 0 Å². The molecule has 2 aromatic carbocycles. The molecule has 1 heterocycles. The van der Waals surface area contributed by atoms with Crippen LogP contribution in [-0.2, 0) is 0 Å². The highest BCUT2D eigenvalue weighted by Gasteiger charge is 2.32. The number of likely N-dealkylation sites (tertiary alicyclic amines) is 1. The van der Waals surface area contributed by atoms with Gasteiger partial charge in [0.1, 0.15) is 12.3 Å². The van der Waals surface area contributed by atoms with Gasteiger partial charge in [0, 0.05) is 19.0 Å². The van der Waals surface area contributed by atoms with Gasteiger partial charge < -0.3 is 15.3 Å². The lowest BCUT2D eigenvalue weighted by atomic mass is 9.87. The summed E-state index contributed by atoms with van der Waals surface area (Å²) < 4.78 is 0. The van der Waals surface area contributed by atoms with Gasteiger partial charge >= 0.3 is 0 Å². The molecule has 4 heteroatoms. The maximum Gasteiger partial charge on any atom is 0.134 e. The minimum Gasteiger partial charge on any atom is -0.392 e. The summed E-state index contributed by atoms with van der Waals surface area (Å²) in [5.41, 5.74) is 3.18. The average molecular weight is 341 g/mol. The van der Waals surface area contributed by atoms with Crippen LogP contribution in [0.1, 0.15) is 31.2 Å². The first-order chi connectivity index (χ1) is 12.1. The Hall–Kier alpha value is -1.72. The maximum absolute atomic E-state index is 10.8. The van der Waals surface area contributed by atoms with E-state index in [0.717, 1.165) is 29.5 Å². The Kier molecular flexibility index (Phi) is 5.86. The molecule has 0 aromatic heterocycles. The molecule has 4 unspecified atom stereocenters. The summed E-state index contributed by atoms with van der Waals surface area (Å²) in [6, 6.07) is 18.1. The molecular weight excluding hydrogens is 314 g/mol. The first kappa shape index (κ1) is 18.1. The van der Waals surface area contributed by atoms with Crippen molar-refractivity contribution < 1.29 is 15.3 Å². The van der Waals surface area contributed by atoms with Crippen LogP contribution in [0.5, 0.6) is 0 Å². The van der Waals surface area contributed by atoms with Gasteiger partial charge in [0.15, 0.2) is 0 Å². The Balaban J connectivity index is 1.82. The van der Waals surface area contributed by atoms with Crippen molar-refractivity contribution in [1.82, 2.24) is 4.90 Å². The van der Waals surface area contributed by atoms with E-state index in [0.29, 0.717) is 13.1 Å². The second-order valence-corrected chi connectivity index (χ2v) is 6.94. The highest BCUT2D eigenvalue weighted by Crippen LogP contribution is 2.32. The predicted octanol–water partition coefficient (Wildman–Crippen LogP) is 2.59. The lowest BCUT2D eigenvalue weighted by Crippen LogP contribution is -2.51. The fourth-order valence-electron chi connectivity index (χ4n) is 3.66. The molecule has 1 fully saturated rings. The highest BCUT2D eigenvalue weighted by atomic mass is 16.3. The van der Waals surface area contributed by atoms with Crippen molar-refractivity contribution in [3.8, 4) is 11.1 Å². The van der Waals surface area contributed by atoms with Crippen LogP contribution in [0.2, 0.25) is 0 Å². The predicted molar refractivity (Wildman–Crippen MR) is 99.1 cm³/mol. The molecule has 4 nitrogen and oxygen atoms in total. The Bertz CT molecular complexity index is 676.